The van der Waals surface area contributed by atoms with Crippen molar-refractivity contribution < 1.29 is 9.53 Å². The van der Waals surface area contributed by atoms with Crippen molar-refractivity contribution >= 4 is 6.09 Å². The van der Waals surface area contributed by atoms with E-state index < -0.39 is 0 Å². The van der Waals surface area contributed by atoms with Crippen LogP contribution in [0.3, 0.4) is 0 Å². The van der Waals surface area contributed by atoms with Crippen molar-refractivity contribution in [1.82, 2.24) is 10.6 Å². The Morgan fingerprint density at radius 1 is 1.12 bits per heavy atom. The Hall–Kier alpha value is -2.33. The van der Waals surface area contributed by atoms with E-state index in [1.807, 2.05) is 0 Å². The predicted octanol–water partition coefficient (Wildman–Crippen LogP) is 3.13. The molecule has 2 unspecified atom stereocenters. The Balaban J connectivity index is 1.26. The molecule has 128 valence electrons. The normalized spacial score (nSPS) is 25.8. The van der Waals surface area contributed by atoms with Crippen molar-refractivity contribution in [3.8, 4) is 11.1 Å². The van der Waals surface area contributed by atoms with E-state index >= 15 is 0 Å². The van der Waals surface area contributed by atoms with Gasteiger partial charge in [-0.3, -0.25) is 0 Å². The molecule has 3 aliphatic rings. The number of piperidine rings is 1. The topological polar surface area (TPSA) is 50.4 Å². The maximum atomic E-state index is 12.2. The van der Waals surface area contributed by atoms with Gasteiger partial charge in [0.25, 0.3) is 0 Å². The molecule has 2 N–H and O–H groups in total. The van der Waals surface area contributed by atoms with E-state index in [-0.39, 0.29) is 12.0 Å². The largest absolute Gasteiger partial charge is 0.449 e. The highest BCUT2D eigenvalue weighted by atomic mass is 16.5. The predicted molar refractivity (Wildman–Crippen MR) is 96.5 cm³/mol. The van der Waals surface area contributed by atoms with Gasteiger partial charge in [-0.25, -0.2) is 4.79 Å². The number of fused-ring (bicyclic) bond motifs is 4. The molecule has 4 nitrogen and oxygen atoms in total. The van der Waals surface area contributed by atoms with Gasteiger partial charge in [0, 0.05) is 24.4 Å². The summed E-state index contributed by atoms with van der Waals surface area (Å²) >= 11 is 0. The Kier molecular flexibility index (Phi) is 3.35. The van der Waals surface area contributed by atoms with E-state index in [2.05, 4.69) is 59.2 Å². The molecule has 1 saturated carbocycles. The standard InChI is InChI=1S/C21H22N2O2/c24-20(23-13-21-9-14(21)10-22-12-21)25-11-19-17-7-3-1-5-15(17)16-6-2-4-8-18(16)19/h1-8,14,19,22H,9-13H2,(H,23,24). The number of ether oxygens (including phenoxy) is 1. The van der Waals surface area contributed by atoms with Gasteiger partial charge in [-0.15, -0.1) is 0 Å². The third-order valence-corrected chi connectivity index (χ3v) is 6.16. The van der Waals surface area contributed by atoms with Crippen LogP contribution in [0, 0.1) is 11.3 Å². The number of hydrogen-bond donors (Lipinski definition) is 2. The summed E-state index contributed by atoms with van der Waals surface area (Å²) in [5, 5.41) is 6.37. The summed E-state index contributed by atoms with van der Waals surface area (Å²) in [5.74, 6) is 0.861. The quantitative estimate of drug-likeness (QED) is 0.903. The first kappa shape index (κ1) is 15.0. The third kappa shape index (κ3) is 2.44. The number of hydrogen-bond acceptors (Lipinski definition) is 3. The maximum Gasteiger partial charge on any atom is 0.407 e. The molecule has 0 radical (unpaired) electrons. The first-order chi connectivity index (χ1) is 12.3. The molecule has 0 aromatic heterocycles. The second-order valence-corrected chi connectivity index (χ2v) is 7.57. The fourth-order valence-corrected chi connectivity index (χ4v) is 4.61. The number of amides is 1. The van der Waals surface area contributed by atoms with Crippen molar-refractivity contribution in [2.75, 3.05) is 26.2 Å². The molecule has 2 fully saturated rings. The smallest absolute Gasteiger partial charge is 0.407 e. The second-order valence-electron chi connectivity index (χ2n) is 7.57. The second kappa shape index (κ2) is 5.60. The molecular formula is C21H22N2O2. The average Bonchev–Trinajstić information content (AvgIpc) is 3.04. The first-order valence-electron chi connectivity index (χ1n) is 9.06. The van der Waals surface area contributed by atoms with Gasteiger partial charge < -0.3 is 15.4 Å². The van der Waals surface area contributed by atoms with Crippen LogP contribution in [0.2, 0.25) is 0 Å². The van der Waals surface area contributed by atoms with Gasteiger partial charge in [-0.05, 0) is 41.1 Å². The molecule has 1 saturated heterocycles. The summed E-state index contributed by atoms with van der Waals surface area (Å²) in [6, 6.07) is 16.8. The molecule has 2 atom stereocenters. The SMILES string of the molecule is O=C(NCC12CNCC1C2)OCC1c2ccccc2-c2ccccc21. The highest BCUT2D eigenvalue weighted by Crippen LogP contribution is 2.54. The zero-order chi connectivity index (χ0) is 16.9. The highest BCUT2D eigenvalue weighted by molar-refractivity contribution is 5.79. The lowest BCUT2D eigenvalue weighted by atomic mass is 9.98. The average molecular weight is 334 g/mol. The van der Waals surface area contributed by atoms with Crippen LogP contribution in [-0.2, 0) is 4.74 Å². The molecule has 1 amide bonds. The molecule has 2 aromatic carbocycles. The summed E-state index contributed by atoms with van der Waals surface area (Å²) in [6.45, 7) is 3.21. The fraction of sp³-hybridized carbons (Fsp3) is 0.381. The van der Waals surface area contributed by atoms with Crippen LogP contribution in [0.15, 0.2) is 48.5 Å². The number of alkyl carbamates (subject to hydrolysis) is 1. The number of nitrogens with one attached hydrogen (secondary N) is 2. The number of carbonyl (C=O) groups is 1. The third-order valence-electron chi connectivity index (χ3n) is 6.16. The van der Waals surface area contributed by atoms with Gasteiger partial charge in [0.15, 0.2) is 0 Å². The molecule has 2 aromatic rings. The Labute approximate surface area is 147 Å². The minimum absolute atomic E-state index is 0.123. The lowest BCUT2D eigenvalue weighted by molar-refractivity contribution is 0.141. The summed E-state index contributed by atoms with van der Waals surface area (Å²) in [5.41, 5.74) is 5.30. The zero-order valence-corrected chi connectivity index (χ0v) is 14.1. The van der Waals surface area contributed by atoms with Gasteiger partial charge in [0.1, 0.15) is 6.61 Å². The zero-order valence-electron chi connectivity index (χ0n) is 14.1. The molecule has 5 rings (SSSR count). The van der Waals surface area contributed by atoms with E-state index in [9.17, 15) is 4.79 Å². The maximum absolute atomic E-state index is 12.2. The Morgan fingerprint density at radius 2 is 1.80 bits per heavy atom. The van der Waals surface area contributed by atoms with Crippen molar-refractivity contribution in [1.29, 1.82) is 0 Å². The molecule has 4 heteroatoms. The summed E-state index contributed by atoms with van der Waals surface area (Å²) in [6.07, 6.45) is 0.928. The molecular weight excluding hydrogens is 312 g/mol. The van der Waals surface area contributed by atoms with Crippen LogP contribution in [0.25, 0.3) is 11.1 Å². The molecule has 1 heterocycles. The fourth-order valence-electron chi connectivity index (χ4n) is 4.61. The summed E-state index contributed by atoms with van der Waals surface area (Å²) in [7, 11) is 0. The Morgan fingerprint density at radius 3 is 2.40 bits per heavy atom. The minimum Gasteiger partial charge on any atom is -0.449 e. The van der Waals surface area contributed by atoms with Crippen molar-refractivity contribution in [3.63, 3.8) is 0 Å². The van der Waals surface area contributed by atoms with Gasteiger partial charge in [0.2, 0.25) is 0 Å². The van der Waals surface area contributed by atoms with Gasteiger partial charge in [-0.2, -0.15) is 0 Å². The van der Waals surface area contributed by atoms with Crippen LogP contribution in [0.5, 0.6) is 0 Å². The van der Waals surface area contributed by atoms with Crippen LogP contribution in [-0.4, -0.2) is 32.3 Å². The van der Waals surface area contributed by atoms with E-state index in [4.69, 9.17) is 4.74 Å². The minimum atomic E-state index is -0.297. The van der Waals surface area contributed by atoms with Gasteiger partial charge in [0.05, 0.1) is 0 Å². The summed E-state index contributed by atoms with van der Waals surface area (Å²) < 4.78 is 5.59. The van der Waals surface area contributed by atoms with Crippen molar-refractivity contribution in [2.24, 2.45) is 11.3 Å². The molecule has 0 bridgehead atoms. The van der Waals surface area contributed by atoms with Crippen LogP contribution < -0.4 is 10.6 Å². The van der Waals surface area contributed by atoms with Crippen LogP contribution in [0.4, 0.5) is 4.79 Å². The van der Waals surface area contributed by atoms with E-state index in [1.165, 1.54) is 28.7 Å². The molecule has 2 aliphatic carbocycles. The van der Waals surface area contributed by atoms with E-state index in [0.717, 1.165) is 25.6 Å². The van der Waals surface area contributed by atoms with Crippen LogP contribution in [0.1, 0.15) is 23.5 Å². The first-order valence-corrected chi connectivity index (χ1v) is 9.06. The van der Waals surface area contributed by atoms with Gasteiger partial charge in [-0.1, -0.05) is 48.5 Å². The number of carbonyl (C=O) groups excluding carboxylic acids is 1. The van der Waals surface area contributed by atoms with Gasteiger partial charge >= 0.3 is 6.09 Å². The lowest BCUT2D eigenvalue weighted by Crippen LogP contribution is -2.34. The lowest BCUT2D eigenvalue weighted by Gasteiger charge is -2.16. The van der Waals surface area contributed by atoms with Crippen LogP contribution >= 0.6 is 0 Å². The van der Waals surface area contributed by atoms with E-state index in [0.29, 0.717) is 12.0 Å². The van der Waals surface area contributed by atoms with Crippen molar-refractivity contribution in [2.45, 2.75) is 12.3 Å². The molecule has 0 spiro atoms. The monoisotopic (exact) mass is 334 g/mol. The summed E-state index contributed by atoms with van der Waals surface area (Å²) in [4.78, 5) is 12.2. The molecule has 25 heavy (non-hydrogen) atoms. The Bertz CT molecular complexity index is 789. The number of rotatable bonds is 4. The molecule has 1 aliphatic heterocycles. The van der Waals surface area contributed by atoms with Crippen molar-refractivity contribution in [3.05, 3.63) is 59.7 Å². The van der Waals surface area contributed by atoms with E-state index in [1.54, 1.807) is 0 Å². The highest BCUT2D eigenvalue weighted by Gasteiger charge is 2.56. The number of benzene rings is 2.